The molecule has 0 bridgehead atoms. The Kier molecular flexibility index (Phi) is 4.35. The van der Waals surface area contributed by atoms with Crippen LogP contribution in [0, 0.1) is 0 Å². The molecule has 1 aliphatic heterocycles. The number of hydrogen-bond donors (Lipinski definition) is 0. The average molecular weight is 288 g/mol. The molecule has 0 atom stereocenters. The molecule has 21 heavy (non-hydrogen) atoms. The Bertz CT molecular complexity index is 497. The van der Waals surface area contributed by atoms with Crippen molar-refractivity contribution in [1.82, 2.24) is 9.88 Å². The predicted molar refractivity (Wildman–Crippen MR) is 83.2 cm³/mol. The fraction of sp³-hybridized carbons (Fsp3) is 0.529. The van der Waals surface area contributed by atoms with Crippen molar-refractivity contribution in [3.8, 4) is 0 Å². The Labute approximate surface area is 126 Å². The third kappa shape index (κ3) is 3.63. The summed E-state index contributed by atoms with van der Waals surface area (Å²) in [5.41, 5.74) is 0.439. The first-order chi connectivity index (χ1) is 9.86. The number of rotatable bonds is 2. The summed E-state index contributed by atoms with van der Waals surface area (Å²) in [6.45, 7) is 11.0. The summed E-state index contributed by atoms with van der Waals surface area (Å²) in [7, 11) is 0. The van der Waals surface area contributed by atoms with Gasteiger partial charge in [-0.3, -0.25) is 4.98 Å². The summed E-state index contributed by atoms with van der Waals surface area (Å²) in [4.78, 5) is 18.4. The number of carbonyl (C=O) groups is 1. The standard InChI is InChI=1S/C17H24N2O2/c1-5-17(14-8-6-7-11-18-14)9-12-19(13-10-17)15(20)21-16(2,3)4/h5-8,11H,1,9-10,12-13H2,2-4H3. The van der Waals surface area contributed by atoms with Crippen molar-refractivity contribution in [1.29, 1.82) is 0 Å². The van der Waals surface area contributed by atoms with E-state index in [0.717, 1.165) is 18.5 Å². The van der Waals surface area contributed by atoms with E-state index in [2.05, 4.69) is 11.6 Å². The highest BCUT2D eigenvalue weighted by Crippen LogP contribution is 2.35. The van der Waals surface area contributed by atoms with Crippen molar-refractivity contribution >= 4 is 6.09 Å². The van der Waals surface area contributed by atoms with E-state index in [0.29, 0.717) is 13.1 Å². The number of amides is 1. The maximum Gasteiger partial charge on any atom is 0.410 e. The van der Waals surface area contributed by atoms with E-state index in [1.807, 2.05) is 45.0 Å². The lowest BCUT2D eigenvalue weighted by Gasteiger charge is -2.39. The lowest BCUT2D eigenvalue weighted by molar-refractivity contribution is 0.0181. The third-order valence-electron chi connectivity index (χ3n) is 3.87. The summed E-state index contributed by atoms with van der Waals surface area (Å²) >= 11 is 0. The van der Waals surface area contributed by atoms with Crippen LogP contribution in [0.1, 0.15) is 39.3 Å². The quantitative estimate of drug-likeness (QED) is 0.782. The second kappa shape index (κ2) is 5.88. The molecule has 0 unspecified atom stereocenters. The molecule has 1 aliphatic rings. The number of likely N-dealkylation sites (tertiary alicyclic amines) is 1. The van der Waals surface area contributed by atoms with Crippen LogP contribution in [0.15, 0.2) is 37.1 Å². The molecule has 0 spiro atoms. The number of carbonyl (C=O) groups excluding carboxylic acids is 1. The number of aromatic nitrogens is 1. The SMILES string of the molecule is C=CC1(c2ccccn2)CCN(C(=O)OC(C)(C)C)CC1. The van der Waals surface area contributed by atoms with Gasteiger partial charge in [-0.05, 0) is 45.7 Å². The summed E-state index contributed by atoms with van der Waals surface area (Å²) in [6, 6.07) is 5.94. The van der Waals surface area contributed by atoms with Crippen LogP contribution in [0.4, 0.5) is 4.79 Å². The van der Waals surface area contributed by atoms with Crippen LogP contribution in [0.5, 0.6) is 0 Å². The van der Waals surface area contributed by atoms with Crippen LogP contribution in [0.3, 0.4) is 0 Å². The molecule has 0 N–H and O–H groups in total. The zero-order valence-corrected chi connectivity index (χ0v) is 13.1. The van der Waals surface area contributed by atoms with Crippen molar-refractivity contribution in [2.45, 2.75) is 44.6 Å². The van der Waals surface area contributed by atoms with E-state index in [9.17, 15) is 4.79 Å². The molecule has 4 nitrogen and oxygen atoms in total. The molecule has 114 valence electrons. The first kappa shape index (κ1) is 15.5. The second-order valence-electron chi connectivity index (χ2n) is 6.54. The molecule has 2 rings (SSSR count). The second-order valence-corrected chi connectivity index (χ2v) is 6.54. The number of pyridine rings is 1. The largest absolute Gasteiger partial charge is 0.444 e. The Morgan fingerprint density at radius 3 is 2.52 bits per heavy atom. The van der Waals surface area contributed by atoms with Crippen molar-refractivity contribution in [3.05, 3.63) is 42.7 Å². The molecule has 1 aromatic heterocycles. The van der Waals surface area contributed by atoms with E-state index in [1.165, 1.54) is 0 Å². The van der Waals surface area contributed by atoms with Crippen molar-refractivity contribution in [2.75, 3.05) is 13.1 Å². The van der Waals surface area contributed by atoms with Crippen LogP contribution in [-0.4, -0.2) is 34.7 Å². The number of nitrogens with zero attached hydrogens (tertiary/aromatic N) is 2. The zero-order chi connectivity index (χ0) is 15.5. The number of ether oxygens (including phenoxy) is 1. The molecule has 0 aliphatic carbocycles. The van der Waals surface area contributed by atoms with Gasteiger partial charge in [0.15, 0.2) is 0 Å². The van der Waals surface area contributed by atoms with Crippen LogP contribution in [0.2, 0.25) is 0 Å². The highest BCUT2D eigenvalue weighted by molar-refractivity contribution is 5.68. The van der Waals surface area contributed by atoms with Gasteiger partial charge >= 0.3 is 6.09 Å². The molecule has 0 radical (unpaired) electrons. The lowest BCUT2D eigenvalue weighted by atomic mass is 9.75. The lowest BCUT2D eigenvalue weighted by Crippen LogP contribution is -2.46. The van der Waals surface area contributed by atoms with Gasteiger partial charge in [-0.15, -0.1) is 6.58 Å². The molecular formula is C17H24N2O2. The number of piperidine rings is 1. The van der Waals surface area contributed by atoms with Gasteiger partial charge in [-0.2, -0.15) is 0 Å². The van der Waals surface area contributed by atoms with E-state index >= 15 is 0 Å². The van der Waals surface area contributed by atoms with Crippen LogP contribution in [-0.2, 0) is 10.2 Å². The van der Waals surface area contributed by atoms with Crippen LogP contribution < -0.4 is 0 Å². The Morgan fingerprint density at radius 2 is 2.05 bits per heavy atom. The van der Waals surface area contributed by atoms with Gasteiger partial charge in [0.25, 0.3) is 0 Å². The summed E-state index contributed by atoms with van der Waals surface area (Å²) in [5, 5.41) is 0. The van der Waals surface area contributed by atoms with E-state index in [-0.39, 0.29) is 11.5 Å². The first-order valence-corrected chi connectivity index (χ1v) is 7.39. The average Bonchev–Trinajstić information content (AvgIpc) is 2.46. The van der Waals surface area contributed by atoms with Gasteiger partial charge in [0.2, 0.25) is 0 Å². The zero-order valence-electron chi connectivity index (χ0n) is 13.1. The minimum absolute atomic E-state index is 0.139. The summed E-state index contributed by atoms with van der Waals surface area (Å²) in [5.74, 6) is 0. The van der Waals surface area contributed by atoms with Gasteiger partial charge in [-0.25, -0.2) is 4.79 Å². The maximum absolute atomic E-state index is 12.1. The molecule has 1 aromatic rings. The van der Waals surface area contributed by atoms with Crippen molar-refractivity contribution in [2.24, 2.45) is 0 Å². The minimum Gasteiger partial charge on any atom is -0.444 e. The van der Waals surface area contributed by atoms with E-state index in [4.69, 9.17) is 4.74 Å². The Hall–Kier alpha value is -1.84. The first-order valence-electron chi connectivity index (χ1n) is 7.39. The molecule has 0 aromatic carbocycles. The topological polar surface area (TPSA) is 42.4 Å². The molecule has 1 fully saturated rings. The molecule has 1 amide bonds. The maximum atomic E-state index is 12.1. The predicted octanol–water partition coefficient (Wildman–Crippen LogP) is 3.54. The van der Waals surface area contributed by atoms with E-state index in [1.54, 1.807) is 11.1 Å². The van der Waals surface area contributed by atoms with Crippen molar-refractivity contribution in [3.63, 3.8) is 0 Å². The molecule has 1 saturated heterocycles. The fourth-order valence-electron chi connectivity index (χ4n) is 2.64. The molecule has 4 heteroatoms. The van der Waals surface area contributed by atoms with Gasteiger partial charge in [-0.1, -0.05) is 12.1 Å². The van der Waals surface area contributed by atoms with Gasteiger partial charge in [0.1, 0.15) is 5.60 Å². The highest BCUT2D eigenvalue weighted by atomic mass is 16.6. The van der Waals surface area contributed by atoms with Crippen molar-refractivity contribution < 1.29 is 9.53 Å². The highest BCUT2D eigenvalue weighted by Gasteiger charge is 2.37. The monoisotopic (exact) mass is 288 g/mol. The van der Waals surface area contributed by atoms with Crippen LogP contribution in [0.25, 0.3) is 0 Å². The van der Waals surface area contributed by atoms with Crippen LogP contribution >= 0.6 is 0 Å². The molecule has 2 heterocycles. The summed E-state index contributed by atoms with van der Waals surface area (Å²) in [6.07, 6.45) is 5.20. The van der Waals surface area contributed by atoms with Gasteiger partial charge < -0.3 is 9.64 Å². The smallest absolute Gasteiger partial charge is 0.410 e. The number of allylic oxidation sites excluding steroid dienone is 1. The molecular weight excluding hydrogens is 264 g/mol. The van der Waals surface area contributed by atoms with Gasteiger partial charge in [0, 0.05) is 24.7 Å². The summed E-state index contributed by atoms with van der Waals surface area (Å²) < 4.78 is 5.43. The molecule has 0 saturated carbocycles. The van der Waals surface area contributed by atoms with E-state index < -0.39 is 5.60 Å². The number of hydrogen-bond acceptors (Lipinski definition) is 3. The van der Waals surface area contributed by atoms with Gasteiger partial charge in [0.05, 0.1) is 5.69 Å². The fourth-order valence-corrected chi connectivity index (χ4v) is 2.64. The third-order valence-corrected chi connectivity index (χ3v) is 3.87. The normalized spacial score (nSPS) is 18.1. The minimum atomic E-state index is -0.453. The Balaban J connectivity index is 2.05. The Morgan fingerprint density at radius 1 is 1.38 bits per heavy atom.